The molecule has 1 saturated heterocycles. The van der Waals surface area contributed by atoms with E-state index < -0.39 is 5.60 Å². The third-order valence-corrected chi connectivity index (χ3v) is 6.51. The highest BCUT2D eigenvalue weighted by Gasteiger charge is 2.29. The lowest BCUT2D eigenvalue weighted by atomic mass is 9.93. The summed E-state index contributed by atoms with van der Waals surface area (Å²) in [5.74, 6) is -0.363. The van der Waals surface area contributed by atoms with Crippen molar-refractivity contribution in [3.8, 4) is 0 Å². The zero-order valence-corrected chi connectivity index (χ0v) is 21.4. The fourth-order valence-electron chi connectivity index (χ4n) is 4.73. The van der Waals surface area contributed by atoms with Crippen molar-refractivity contribution in [1.29, 1.82) is 0 Å². The van der Waals surface area contributed by atoms with E-state index in [1.807, 2.05) is 26.8 Å². The topological polar surface area (TPSA) is 138 Å². The van der Waals surface area contributed by atoms with E-state index in [2.05, 4.69) is 15.5 Å². The second-order valence-corrected chi connectivity index (χ2v) is 10.4. The summed E-state index contributed by atoms with van der Waals surface area (Å²) in [7, 11) is 0. The molecule has 0 spiro atoms. The average Bonchev–Trinajstić information content (AvgIpc) is 3.26. The maximum atomic E-state index is 12.9. The number of carbonyl (C=O) groups is 2. The molecule has 2 aromatic carbocycles. The number of fused-ring (bicyclic) bond motifs is 3. The minimum Gasteiger partial charge on any atom is -0.444 e. The molecule has 4 aromatic rings. The zero-order chi connectivity index (χ0) is 27.0. The Morgan fingerprint density at radius 2 is 1.82 bits per heavy atom. The van der Waals surface area contributed by atoms with Crippen molar-refractivity contribution in [3.63, 3.8) is 0 Å². The molecule has 11 nitrogen and oxygen atoms in total. The number of anilines is 1. The van der Waals surface area contributed by atoms with Crippen LogP contribution >= 0.6 is 0 Å². The molecule has 2 aromatic heterocycles. The largest absolute Gasteiger partial charge is 0.444 e. The number of amides is 2. The molecule has 0 bridgehead atoms. The smallest absolute Gasteiger partial charge is 0.410 e. The lowest BCUT2D eigenvalue weighted by Gasteiger charge is -2.33. The van der Waals surface area contributed by atoms with E-state index in [1.54, 1.807) is 27.6 Å². The van der Waals surface area contributed by atoms with Crippen LogP contribution in [-0.2, 0) is 4.74 Å². The van der Waals surface area contributed by atoms with Gasteiger partial charge in [-0.15, -0.1) is 4.91 Å². The highest BCUT2D eigenvalue weighted by molar-refractivity contribution is 6.12. The Balaban J connectivity index is 1.45. The van der Waals surface area contributed by atoms with Crippen molar-refractivity contribution < 1.29 is 14.3 Å². The number of aromatic nitrogens is 3. The number of hydrogen-bond donors (Lipinski definition) is 2. The van der Waals surface area contributed by atoms with Gasteiger partial charge in [-0.05, 0) is 75.2 Å². The van der Waals surface area contributed by atoms with Crippen molar-refractivity contribution in [2.75, 3.05) is 18.4 Å². The van der Waals surface area contributed by atoms with E-state index in [0.29, 0.717) is 53.7 Å². The fraction of sp³-hybridized carbons (Fsp3) is 0.333. The predicted molar refractivity (Wildman–Crippen MR) is 143 cm³/mol. The molecule has 3 heterocycles. The SMILES string of the molecule is CC(C)(C)OC(=O)N1CCC(c2cc(=O)[nH]c3c4c(NC(=O)c5ccc(N=O)cc5)cccc4nn23)CC1. The van der Waals surface area contributed by atoms with Gasteiger partial charge >= 0.3 is 6.09 Å². The number of rotatable bonds is 4. The summed E-state index contributed by atoms with van der Waals surface area (Å²) in [6, 6.07) is 12.9. The summed E-state index contributed by atoms with van der Waals surface area (Å²) in [5.41, 5.74) is 2.08. The van der Waals surface area contributed by atoms with Crippen LogP contribution in [0.15, 0.2) is 58.5 Å². The molecule has 38 heavy (non-hydrogen) atoms. The highest BCUT2D eigenvalue weighted by Crippen LogP contribution is 2.32. The number of aromatic amines is 1. The summed E-state index contributed by atoms with van der Waals surface area (Å²) in [5, 5.41) is 11.1. The third kappa shape index (κ3) is 4.99. The summed E-state index contributed by atoms with van der Waals surface area (Å²) >= 11 is 0. The van der Waals surface area contributed by atoms with Crippen LogP contribution in [-0.4, -0.2) is 50.2 Å². The first-order chi connectivity index (χ1) is 18.1. The fourth-order valence-corrected chi connectivity index (χ4v) is 4.73. The molecule has 0 aliphatic carbocycles. The van der Waals surface area contributed by atoms with Gasteiger partial charge in [0.05, 0.1) is 22.3 Å². The number of ether oxygens (including phenoxy) is 1. The lowest BCUT2D eigenvalue weighted by molar-refractivity contribution is 0.0203. The van der Waals surface area contributed by atoms with Crippen LogP contribution in [0.2, 0.25) is 0 Å². The Kier molecular flexibility index (Phi) is 6.43. The number of carbonyl (C=O) groups excluding carboxylic acids is 2. The number of nitrogens with one attached hydrogen (secondary N) is 2. The third-order valence-electron chi connectivity index (χ3n) is 6.51. The molecule has 0 unspecified atom stereocenters. The number of hydrogen-bond acceptors (Lipinski definition) is 7. The van der Waals surface area contributed by atoms with E-state index in [0.717, 1.165) is 5.69 Å². The molecule has 0 atom stereocenters. The average molecular weight is 517 g/mol. The maximum Gasteiger partial charge on any atom is 0.410 e. The van der Waals surface area contributed by atoms with Gasteiger partial charge in [-0.25, -0.2) is 9.31 Å². The maximum absolute atomic E-state index is 12.9. The van der Waals surface area contributed by atoms with Gasteiger partial charge in [-0.3, -0.25) is 9.59 Å². The Morgan fingerprint density at radius 1 is 1.11 bits per heavy atom. The summed E-state index contributed by atoms with van der Waals surface area (Å²) in [4.78, 5) is 53.4. The molecule has 0 saturated carbocycles. The van der Waals surface area contributed by atoms with Crippen molar-refractivity contribution in [1.82, 2.24) is 19.5 Å². The molecule has 2 N–H and O–H groups in total. The normalized spacial score (nSPS) is 14.6. The van der Waals surface area contributed by atoms with Crippen LogP contribution in [0.5, 0.6) is 0 Å². The van der Waals surface area contributed by atoms with Gasteiger partial charge in [-0.2, -0.15) is 5.10 Å². The van der Waals surface area contributed by atoms with Gasteiger partial charge < -0.3 is 19.9 Å². The minimum atomic E-state index is -0.564. The van der Waals surface area contributed by atoms with Gasteiger partial charge in [-0.1, -0.05) is 6.07 Å². The molecule has 11 heteroatoms. The molecule has 1 aliphatic heterocycles. The van der Waals surface area contributed by atoms with Crippen LogP contribution in [0, 0.1) is 4.91 Å². The van der Waals surface area contributed by atoms with Gasteiger partial charge in [0.15, 0.2) is 0 Å². The number of nitrogens with zero attached hydrogens (tertiary/aromatic N) is 4. The Bertz CT molecular complexity index is 1590. The number of piperidine rings is 1. The Morgan fingerprint density at radius 3 is 2.47 bits per heavy atom. The van der Waals surface area contributed by atoms with E-state index in [4.69, 9.17) is 9.84 Å². The van der Waals surface area contributed by atoms with Crippen LogP contribution in [0.3, 0.4) is 0 Å². The number of benzene rings is 2. The second-order valence-electron chi connectivity index (χ2n) is 10.4. The molecule has 1 aliphatic rings. The Labute approximate surface area is 217 Å². The monoisotopic (exact) mass is 516 g/mol. The standard InChI is InChI=1S/C27H28N6O5/c1-27(2,3)38-26(36)32-13-11-16(12-14-32)21-15-22(34)29-24-23-19(5-4-6-20(23)30-33(21)24)28-25(35)17-7-9-18(31-37)10-8-17/h4-10,15-16H,11-14H2,1-3H3,(H,28,35)(H,29,34). The highest BCUT2D eigenvalue weighted by atomic mass is 16.6. The van der Waals surface area contributed by atoms with E-state index in [-0.39, 0.29) is 29.2 Å². The summed E-state index contributed by atoms with van der Waals surface area (Å²) in [6.45, 7) is 6.53. The molecule has 1 fully saturated rings. The lowest BCUT2D eigenvalue weighted by Crippen LogP contribution is -2.41. The predicted octanol–water partition coefficient (Wildman–Crippen LogP) is 4.94. The minimum absolute atomic E-state index is 0.00998. The first-order valence-corrected chi connectivity index (χ1v) is 12.4. The van der Waals surface area contributed by atoms with Crippen molar-refractivity contribution in [2.45, 2.75) is 45.1 Å². The van der Waals surface area contributed by atoms with Crippen molar-refractivity contribution in [3.05, 3.63) is 75.0 Å². The number of likely N-dealkylation sites (tertiary alicyclic amines) is 1. The molecule has 196 valence electrons. The van der Waals surface area contributed by atoms with Crippen LogP contribution in [0.1, 0.15) is 55.6 Å². The summed E-state index contributed by atoms with van der Waals surface area (Å²) < 4.78 is 7.22. The van der Waals surface area contributed by atoms with Gasteiger partial charge in [0.1, 0.15) is 16.9 Å². The van der Waals surface area contributed by atoms with Crippen LogP contribution < -0.4 is 10.9 Å². The first-order valence-electron chi connectivity index (χ1n) is 12.4. The molecule has 5 rings (SSSR count). The van der Waals surface area contributed by atoms with Crippen molar-refractivity contribution >= 4 is 39.9 Å². The van der Waals surface area contributed by atoms with E-state index in [1.165, 1.54) is 24.3 Å². The zero-order valence-electron chi connectivity index (χ0n) is 21.4. The van der Waals surface area contributed by atoms with Crippen molar-refractivity contribution in [2.24, 2.45) is 5.18 Å². The molecular formula is C27H28N6O5. The summed E-state index contributed by atoms with van der Waals surface area (Å²) in [6.07, 6.45) is 0.973. The molecular weight excluding hydrogens is 488 g/mol. The van der Waals surface area contributed by atoms with Gasteiger partial charge in [0, 0.05) is 30.6 Å². The second kappa shape index (κ2) is 9.73. The van der Waals surface area contributed by atoms with Crippen LogP contribution in [0.25, 0.3) is 16.6 Å². The quantitative estimate of drug-likeness (QED) is 0.369. The van der Waals surface area contributed by atoms with Gasteiger partial charge in [0.25, 0.3) is 11.5 Å². The molecule has 2 amide bonds. The van der Waals surface area contributed by atoms with Crippen LogP contribution in [0.4, 0.5) is 16.2 Å². The van der Waals surface area contributed by atoms with Gasteiger partial charge in [0.2, 0.25) is 0 Å². The Hall–Kier alpha value is -4.54. The number of nitroso groups, excluding NO2 is 1. The van der Waals surface area contributed by atoms with E-state index in [9.17, 15) is 19.3 Å². The number of H-pyrrole nitrogens is 1. The van der Waals surface area contributed by atoms with E-state index >= 15 is 0 Å². The first kappa shape index (κ1) is 25.1. The molecule has 0 radical (unpaired) electrons.